The van der Waals surface area contributed by atoms with Crippen LogP contribution >= 0.6 is 0 Å². The van der Waals surface area contributed by atoms with Gasteiger partial charge in [-0.15, -0.1) is 0 Å². The Balaban J connectivity index is 2.19. The van der Waals surface area contributed by atoms with E-state index in [9.17, 15) is 9.59 Å². The highest BCUT2D eigenvalue weighted by Gasteiger charge is 2.13. The molecule has 1 aromatic heterocycles. The average Bonchev–Trinajstić information content (AvgIpc) is 2.59. The molecule has 24 heavy (non-hydrogen) atoms. The Morgan fingerprint density at radius 1 is 1.17 bits per heavy atom. The van der Waals surface area contributed by atoms with Crippen molar-refractivity contribution in [2.24, 2.45) is 0 Å². The second-order valence-corrected chi connectivity index (χ2v) is 5.82. The SMILES string of the molecule is CCc1c(OCc2ccccc2)c(=O)ccn1CCC(=O)N(C)C. The summed E-state index contributed by atoms with van der Waals surface area (Å²) in [5, 5.41) is 0. The summed E-state index contributed by atoms with van der Waals surface area (Å²) in [6, 6.07) is 11.2. The summed E-state index contributed by atoms with van der Waals surface area (Å²) in [5.41, 5.74) is 1.71. The Morgan fingerprint density at radius 2 is 1.88 bits per heavy atom. The van der Waals surface area contributed by atoms with Crippen LogP contribution in [0.25, 0.3) is 0 Å². The van der Waals surface area contributed by atoms with Crippen molar-refractivity contribution in [2.45, 2.75) is 32.9 Å². The molecule has 0 aliphatic heterocycles. The van der Waals surface area contributed by atoms with Gasteiger partial charge in [0.1, 0.15) is 6.61 Å². The fraction of sp³-hybridized carbons (Fsp3) is 0.368. The number of ether oxygens (including phenoxy) is 1. The minimum Gasteiger partial charge on any atom is -0.483 e. The highest BCUT2D eigenvalue weighted by Crippen LogP contribution is 2.16. The number of pyridine rings is 1. The summed E-state index contributed by atoms with van der Waals surface area (Å²) >= 11 is 0. The molecular formula is C19H24N2O3. The predicted molar refractivity (Wildman–Crippen MR) is 94.2 cm³/mol. The molecule has 5 heteroatoms. The third kappa shape index (κ3) is 4.47. The topological polar surface area (TPSA) is 51.5 Å². The number of rotatable bonds is 7. The summed E-state index contributed by atoms with van der Waals surface area (Å²) < 4.78 is 7.74. The second-order valence-electron chi connectivity index (χ2n) is 5.82. The Hall–Kier alpha value is -2.56. The summed E-state index contributed by atoms with van der Waals surface area (Å²) in [4.78, 5) is 25.6. The zero-order chi connectivity index (χ0) is 17.5. The molecule has 1 heterocycles. The Kier molecular flexibility index (Phi) is 6.18. The molecule has 1 aromatic carbocycles. The average molecular weight is 328 g/mol. The van der Waals surface area contributed by atoms with Crippen LogP contribution in [-0.2, 0) is 24.4 Å². The fourth-order valence-corrected chi connectivity index (χ4v) is 2.49. The number of hydrogen-bond donors (Lipinski definition) is 0. The van der Waals surface area contributed by atoms with Crippen LogP contribution in [0.3, 0.4) is 0 Å². The Morgan fingerprint density at radius 3 is 2.50 bits per heavy atom. The molecule has 2 aromatic rings. The first-order chi connectivity index (χ1) is 11.5. The summed E-state index contributed by atoms with van der Waals surface area (Å²) in [7, 11) is 3.48. The first kappa shape index (κ1) is 17.8. The minimum atomic E-state index is -0.127. The van der Waals surface area contributed by atoms with Crippen LogP contribution in [0.2, 0.25) is 0 Å². The van der Waals surface area contributed by atoms with Crippen LogP contribution in [0, 0.1) is 0 Å². The lowest BCUT2D eigenvalue weighted by Gasteiger charge is -2.17. The van der Waals surface area contributed by atoms with Gasteiger partial charge in [-0.25, -0.2) is 0 Å². The first-order valence-electron chi connectivity index (χ1n) is 8.12. The quantitative estimate of drug-likeness (QED) is 0.784. The van der Waals surface area contributed by atoms with E-state index < -0.39 is 0 Å². The van der Waals surface area contributed by atoms with Crippen molar-refractivity contribution in [3.05, 3.63) is 64.1 Å². The summed E-state index contributed by atoms with van der Waals surface area (Å²) in [6.45, 7) is 2.86. The maximum absolute atomic E-state index is 12.2. The van der Waals surface area contributed by atoms with Crippen molar-refractivity contribution < 1.29 is 9.53 Å². The highest BCUT2D eigenvalue weighted by atomic mass is 16.5. The summed E-state index contributed by atoms with van der Waals surface area (Å²) in [5.74, 6) is 0.434. The van der Waals surface area contributed by atoms with Gasteiger partial charge in [-0.2, -0.15) is 0 Å². The van der Waals surface area contributed by atoms with Crippen molar-refractivity contribution >= 4 is 5.91 Å². The molecule has 0 N–H and O–H groups in total. The van der Waals surface area contributed by atoms with E-state index in [1.165, 1.54) is 6.07 Å². The van der Waals surface area contributed by atoms with E-state index in [1.54, 1.807) is 25.2 Å². The van der Waals surface area contributed by atoms with Crippen LogP contribution in [0.1, 0.15) is 24.6 Å². The van der Waals surface area contributed by atoms with E-state index in [0.29, 0.717) is 31.7 Å². The molecule has 0 atom stereocenters. The van der Waals surface area contributed by atoms with Gasteiger partial charge in [0.15, 0.2) is 5.75 Å². The molecule has 5 nitrogen and oxygen atoms in total. The molecule has 0 spiro atoms. The number of amides is 1. The molecule has 0 bridgehead atoms. The van der Waals surface area contributed by atoms with Crippen LogP contribution in [0.4, 0.5) is 0 Å². The summed E-state index contributed by atoms with van der Waals surface area (Å²) in [6.07, 6.45) is 2.79. The van der Waals surface area contributed by atoms with E-state index >= 15 is 0 Å². The van der Waals surface area contributed by atoms with Gasteiger partial charge < -0.3 is 14.2 Å². The van der Waals surface area contributed by atoms with E-state index in [1.807, 2.05) is 41.8 Å². The normalized spacial score (nSPS) is 10.5. The van der Waals surface area contributed by atoms with Crippen LogP contribution in [0.5, 0.6) is 5.75 Å². The van der Waals surface area contributed by atoms with Crippen molar-refractivity contribution in [3.63, 3.8) is 0 Å². The first-order valence-corrected chi connectivity index (χ1v) is 8.12. The molecule has 0 fully saturated rings. The number of aryl methyl sites for hydroxylation is 1. The van der Waals surface area contributed by atoms with Gasteiger partial charge >= 0.3 is 0 Å². The smallest absolute Gasteiger partial charge is 0.223 e. The molecule has 128 valence electrons. The number of nitrogens with zero attached hydrogens (tertiary/aromatic N) is 2. The molecule has 0 aliphatic rings. The zero-order valence-electron chi connectivity index (χ0n) is 14.5. The van der Waals surface area contributed by atoms with Crippen LogP contribution in [0.15, 0.2) is 47.4 Å². The predicted octanol–water partition coefficient (Wildman–Crippen LogP) is 2.47. The lowest BCUT2D eigenvalue weighted by atomic mass is 10.2. The Bertz CT molecular complexity index is 736. The lowest BCUT2D eigenvalue weighted by molar-refractivity contribution is -0.128. The maximum atomic E-state index is 12.2. The van der Waals surface area contributed by atoms with Gasteiger partial charge in [-0.05, 0) is 12.0 Å². The number of carbonyl (C=O) groups excluding carboxylic acids is 1. The second kappa shape index (κ2) is 8.34. The van der Waals surface area contributed by atoms with Gasteiger partial charge in [0.05, 0.1) is 5.69 Å². The number of hydrogen-bond acceptors (Lipinski definition) is 3. The molecule has 2 rings (SSSR count). The van der Waals surface area contributed by atoms with E-state index in [2.05, 4.69) is 0 Å². The van der Waals surface area contributed by atoms with Gasteiger partial charge in [0, 0.05) is 39.3 Å². The van der Waals surface area contributed by atoms with Crippen molar-refractivity contribution in [1.29, 1.82) is 0 Å². The molecule has 0 unspecified atom stereocenters. The highest BCUT2D eigenvalue weighted by molar-refractivity contribution is 5.75. The van der Waals surface area contributed by atoms with E-state index in [-0.39, 0.29) is 11.3 Å². The zero-order valence-corrected chi connectivity index (χ0v) is 14.5. The molecule has 0 saturated carbocycles. The largest absolute Gasteiger partial charge is 0.483 e. The van der Waals surface area contributed by atoms with Crippen molar-refractivity contribution in [2.75, 3.05) is 14.1 Å². The molecular weight excluding hydrogens is 304 g/mol. The number of aromatic nitrogens is 1. The van der Waals surface area contributed by atoms with Gasteiger partial charge in [-0.1, -0.05) is 37.3 Å². The van der Waals surface area contributed by atoms with Crippen LogP contribution in [-0.4, -0.2) is 29.5 Å². The molecule has 1 amide bonds. The maximum Gasteiger partial charge on any atom is 0.223 e. The van der Waals surface area contributed by atoms with Crippen LogP contribution < -0.4 is 10.2 Å². The van der Waals surface area contributed by atoms with Crippen molar-refractivity contribution in [1.82, 2.24) is 9.47 Å². The van der Waals surface area contributed by atoms with E-state index in [0.717, 1.165) is 11.3 Å². The lowest BCUT2D eigenvalue weighted by Crippen LogP contribution is -2.24. The Labute approximate surface area is 142 Å². The van der Waals surface area contributed by atoms with Crippen molar-refractivity contribution in [3.8, 4) is 5.75 Å². The third-order valence-corrected chi connectivity index (χ3v) is 3.86. The minimum absolute atomic E-state index is 0.0579. The molecule has 0 saturated heterocycles. The molecule has 0 radical (unpaired) electrons. The monoisotopic (exact) mass is 328 g/mol. The standard InChI is InChI=1S/C19H24N2O3/c1-4-16-19(24-14-15-8-6-5-7-9-15)17(22)10-12-21(16)13-11-18(23)20(2)3/h5-10,12H,4,11,13-14H2,1-3H3. The van der Waals surface area contributed by atoms with Gasteiger partial charge in [0.25, 0.3) is 0 Å². The number of carbonyl (C=O) groups is 1. The van der Waals surface area contributed by atoms with E-state index in [4.69, 9.17) is 4.74 Å². The number of benzene rings is 1. The van der Waals surface area contributed by atoms with Gasteiger partial charge in [-0.3, -0.25) is 9.59 Å². The third-order valence-electron chi connectivity index (χ3n) is 3.86. The van der Waals surface area contributed by atoms with Gasteiger partial charge in [0.2, 0.25) is 11.3 Å². The fourth-order valence-electron chi connectivity index (χ4n) is 2.49. The molecule has 0 aliphatic carbocycles.